The summed E-state index contributed by atoms with van der Waals surface area (Å²) in [4.78, 5) is 30.0. The zero-order valence-corrected chi connectivity index (χ0v) is 18.2. The molecule has 0 bridgehead atoms. The zero-order valence-electron chi connectivity index (χ0n) is 17.4. The van der Waals surface area contributed by atoms with Gasteiger partial charge >= 0.3 is 0 Å². The van der Waals surface area contributed by atoms with Crippen molar-refractivity contribution in [1.82, 2.24) is 15.1 Å². The molecule has 3 aliphatic rings. The lowest BCUT2D eigenvalue weighted by Crippen LogP contribution is -2.56. The summed E-state index contributed by atoms with van der Waals surface area (Å²) in [6.45, 7) is 8.59. The number of hydrogen-bond acceptors (Lipinski definition) is 4. The fourth-order valence-electron chi connectivity index (χ4n) is 5.42. The van der Waals surface area contributed by atoms with E-state index in [0.717, 1.165) is 32.5 Å². The number of nitrogens with zero attached hydrogens (tertiary/aromatic N) is 2. The molecule has 1 spiro atoms. The molecule has 7 heteroatoms. The van der Waals surface area contributed by atoms with E-state index in [9.17, 15) is 9.59 Å². The van der Waals surface area contributed by atoms with Crippen LogP contribution in [0.1, 0.15) is 37.0 Å². The summed E-state index contributed by atoms with van der Waals surface area (Å²) >= 11 is 6.03. The largest absolute Gasteiger partial charge is 0.496 e. The second-order valence-electron chi connectivity index (χ2n) is 9.11. The molecule has 0 saturated carbocycles. The minimum absolute atomic E-state index is 0.0397. The molecule has 3 saturated heterocycles. The summed E-state index contributed by atoms with van der Waals surface area (Å²) in [5.74, 6) is 1.68. The average Bonchev–Trinajstić information content (AvgIpc) is 3.21. The van der Waals surface area contributed by atoms with E-state index in [0.29, 0.717) is 41.3 Å². The molecular formula is C22H30ClN3O3. The van der Waals surface area contributed by atoms with Gasteiger partial charge in [-0.15, -0.1) is 0 Å². The highest BCUT2D eigenvalue weighted by Crippen LogP contribution is 2.44. The number of likely N-dealkylation sites (tertiary alicyclic amines) is 2. The molecule has 0 radical (unpaired) electrons. The van der Waals surface area contributed by atoms with Gasteiger partial charge in [0.25, 0.3) is 5.91 Å². The van der Waals surface area contributed by atoms with Gasteiger partial charge in [-0.05, 0) is 37.0 Å². The first-order chi connectivity index (χ1) is 13.8. The molecule has 1 aromatic carbocycles. The quantitative estimate of drug-likeness (QED) is 0.815. The normalized spacial score (nSPS) is 26.1. The maximum Gasteiger partial charge on any atom is 0.257 e. The lowest BCUT2D eigenvalue weighted by atomic mass is 9.75. The maximum absolute atomic E-state index is 13.1. The third-order valence-electron chi connectivity index (χ3n) is 6.77. The number of rotatable bonds is 4. The molecule has 29 heavy (non-hydrogen) atoms. The van der Waals surface area contributed by atoms with Crippen molar-refractivity contribution in [3.05, 3.63) is 28.8 Å². The van der Waals surface area contributed by atoms with Gasteiger partial charge in [0.05, 0.1) is 18.6 Å². The number of fused-ring (bicyclic) bond motifs is 2. The van der Waals surface area contributed by atoms with Crippen LogP contribution in [0.2, 0.25) is 5.02 Å². The van der Waals surface area contributed by atoms with Crippen LogP contribution in [0.25, 0.3) is 0 Å². The highest BCUT2D eigenvalue weighted by molar-refractivity contribution is 6.30. The van der Waals surface area contributed by atoms with Gasteiger partial charge in [0.15, 0.2) is 0 Å². The van der Waals surface area contributed by atoms with Gasteiger partial charge in [-0.2, -0.15) is 0 Å². The SMILES string of the molecule is COc1cc(Cl)ccc1C(=O)N1CCC2(CC1)NC(=O)[C@@H]1CN(CC(C)C)C[C@@H]12. The molecular weight excluding hydrogens is 390 g/mol. The van der Waals surface area contributed by atoms with Crippen LogP contribution in [-0.2, 0) is 4.79 Å². The van der Waals surface area contributed by atoms with Gasteiger partial charge in [-0.1, -0.05) is 25.4 Å². The third kappa shape index (κ3) is 3.73. The molecule has 2 atom stereocenters. The van der Waals surface area contributed by atoms with Gasteiger partial charge in [0.1, 0.15) is 5.75 Å². The second kappa shape index (κ2) is 7.80. The van der Waals surface area contributed by atoms with Crippen LogP contribution < -0.4 is 10.1 Å². The molecule has 3 heterocycles. The van der Waals surface area contributed by atoms with Crippen molar-refractivity contribution >= 4 is 23.4 Å². The highest BCUT2D eigenvalue weighted by Gasteiger charge is 2.57. The van der Waals surface area contributed by atoms with Gasteiger partial charge in [-0.25, -0.2) is 0 Å². The van der Waals surface area contributed by atoms with Gasteiger partial charge in [0, 0.05) is 49.2 Å². The molecule has 2 amide bonds. The first-order valence-corrected chi connectivity index (χ1v) is 10.9. The zero-order chi connectivity index (χ0) is 20.8. The van der Waals surface area contributed by atoms with Crippen molar-refractivity contribution in [3.63, 3.8) is 0 Å². The number of methoxy groups -OCH3 is 1. The summed E-state index contributed by atoms with van der Waals surface area (Å²) in [5, 5.41) is 3.87. The van der Waals surface area contributed by atoms with Crippen molar-refractivity contribution < 1.29 is 14.3 Å². The van der Waals surface area contributed by atoms with E-state index < -0.39 is 0 Å². The molecule has 4 rings (SSSR count). The molecule has 1 aromatic rings. The smallest absolute Gasteiger partial charge is 0.257 e. The van der Waals surface area contributed by atoms with Crippen LogP contribution in [0.15, 0.2) is 18.2 Å². The summed E-state index contributed by atoms with van der Waals surface area (Å²) in [6, 6.07) is 5.11. The molecule has 0 unspecified atom stereocenters. The molecule has 3 fully saturated rings. The van der Waals surface area contributed by atoms with Crippen LogP contribution in [0.4, 0.5) is 0 Å². The van der Waals surface area contributed by atoms with E-state index in [4.69, 9.17) is 16.3 Å². The van der Waals surface area contributed by atoms with E-state index in [1.165, 1.54) is 0 Å². The van der Waals surface area contributed by atoms with Crippen molar-refractivity contribution in [3.8, 4) is 5.75 Å². The highest BCUT2D eigenvalue weighted by atomic mass is 35.5. The van der Waals surface area contributed by atoms with E-state index in [1.807, 2.05) is 4.90 Å². The van der Waals surface area contributed by atoms with E-state index in [1.54, 1.807) is 25.3 Å². The molecule has 0 aromatic heterocycles. The van der Waals surface area contributed by atoms with Crippen LogP contribution in [0, 0.1) is 17.8 Å². The van der Waals surface area contributed by atoms with Crippen LogP contribution in [-0.4, -0.2) is 67.0 Å². The maximum atomic E-state index is 13.1. The molecule has 3 aliphatic heterocycles. The summed E-state index contributed by atoms with van der Waals surface area (Å²) in [6.07, 6.45) is 1.61. The lowest BCUT2D eigenvalue weighted by molar-refractivity contribution is -0.123. The number of hydrogen-bond donors (Lipinski definition) is 1. The summed E-state index contributed by atoms with van der Waals surface area (Å²) in [5.41, 5.74) is 0.360. The number of carbonyl (C=O) groups excluding carboxylic acids is 2. The Morgan fingerprint density at radius 3 is 2.69 bits per heavy atom. The standard InChI is InChI=1S/C22H30ClN3O3/c1-14(2)11-25-12-17-18(13-25)22(24-20(17)27)6-8-26(9-7-22)21(28)16-5-4-15(23)10-19(16)29-3/h4-5,10,14,17-18H,6-9,11-13H2,1-3H3,(H,24,27)/t17-,18+/m1/s1. The number of nitrogens with one attached hydrogen (secondary N) is 1. The average molecular weight is 420 g/mol. The Morgan fingerprint density at radius 2 is 2.03 bits per heavy atom. The van der Waals surface area contributed by atoms with Crippen LogP contribution in [0.3, 0.4) is 0 Å². The van der Waals surface area contributed by atoms with Gasteiger partial charge < -0.3 is 19.9 Å². The van der Waals surface area contributed by atoms with Crippen LogP contribution >= 0.6 is 11.6 Å². The van der Waals surface area contributed by atoms with Gasteiger partial charge in [-0.3, -0.25) is 9.59 Å². The number of ether oxygens (including phenoxy) is 1. The minimum Gasteiger partial charge on any atom is -0.496 e. The third-order valence-corrected chi connectivity index (χ3v) is 7.01. The molecule has 6 nitrogen and oxygen atoms in total. The van der Waals surface area contributed by atoms with Crippen LogP contribution in [0.5, 0.6) is 5.75 Å². The Balaban J connectivity index is 1.45. The first-order valence-electron chi connectivity index (χ1n) is 10.5. The Bertz CT molecular complexity index is 804. The fraction of sp³-hybridized carbons (Fsp3) is 0.636. The van der Waals surface area contributed by atoms with Crippen molar-refractivity contribution in [1.29, 1.82) is 0 Å². The number of amides is 2. The van der Waals surface area contributed by atoms with Crippen molar-refractivity contribution in [2.24, 2.45) is 17.8 Å². The van der Waals surface area contributed by atoms with Crippen molar-refractivity contribution in [2.45, 2.75) is 32.2 Å². The fourth-order valence-corrected chi connectivity index (χ4v) is 5.59. The molecule has 158 valence electrons. The topological polar surface area (TPSA) is 61.9 Å². The van der Waals surface area contributed by atoms with E-state index in [2.05, 4.69) is 24.1 Å². The summed E-state index contributed by atoms with van der Waals surface area (Å²) in [7, 11) is 1.55. The summed E-state index contributed by atoms with van der Waals surface area (Å²) < 4.78 is 5.35. The Hall–Kier alpha value is -1.79. The predicted molar refractivity (Wildman–Crippen MR) is 112 cm³/mol. The monoisotopic (exact) mass is 419 g/mol. The first kappa shape index (κ1) is 20.5. The number of piperidine rings is 1. The number of benzene rings is 1. The number of carbonyl (C=O) groups is 2. The second-order valence-corrected chi connectivity index (χ2v) is 9.54. The molecule has 0 aliphatic carbocycles. The Kier molecular flexibility index (Phi) is 5.51. The Morgan fingerprint density at radius 1 is 1.31 bits per heavy atom. The van der Waals surface area contributed by atoms with E-state index >= 15 is 0 Å². The lowest BCUT2D eigenvalue weighted by Gasteiger charge is -2.43. The number of halogens is 1. The minimum atomic E-state index is -0.172. The van der Waals surface area contributed by atoms with Crippen molar-refractivity contribution in [2.75, 3.05) is 39.8 Å². The Labute approximate surface area is 177 Å². The molecule has 1 N–H and O–H groups in total. The predicted octanol–water partition coefficient (Wildman–Crippen LogP) is 2.66. The van der Waals surface area contributed by atoms with E-state index in [-0.39, 0.29) is 23.3 Å². The van der Waals surface area contributed by atoms with Gasteiger partial charge in [0.2, 0.25) is 5.91 Å².